The van der Waals surface area contributed by atoms with E-state index in [4.69, 9.17) is 11.6 Å². The van der Waals surface area contributed by atoms with Gasteiger partial charge in [0, 0.05) is 18.1 Å². The fraction of sp³-hybridized carbons (Fsp3) is 0.417. The number of amides is 1. The van der Waals surface area contributed by atoms with Crippen molar-refractivity contribution in [3.63, 3.8) is 0 Å². The number of thioether (sulfide) groups is 1. The Bertz CT molecular complexity index is 318. The first-order chi connectivity index (χ1) is 7.77. The molecule has 1 unspecified atom stereocenters. The maximum Gasteiger partial charge on any atom is 0.221 e. The normalized spacial score (nSPS) is 12.1. The van der Waals surface area contributed by atoms with Gasteiger partial charge in [-0.05, 0) is 11.8 Å². The number of hydrogen-bond donors (Lipinski definition) is 1. The number of hydrogen-bond acceptors (Lipinski definition) is 2. The van der Waals surface area contributed by atoms with Gasteiger partial charge in [-0.3, -0.25) is 4.79 Å². The van der Waals surface area contributed by atoms with E-state index in [9.17, 15) is 4.79 Å². The minimum atomic E-state index is -0.0859. The van der Waals surface area contributed by atoms with Crippen LogP contribution in [0.4, 0.5) is 0 Å². The second-order valence-corrected chi connectivity index (χ2v) is 4.72. The van der Waals surface area contributed by atoms with Crippen LogP contribution in [0.15, 0.2) is 30.3 Å². The van der Waals surface area contributed by atoms with Crippen molar-refractivity contribution in [3.05, 3.63) is 35.9 Å². The molecule has 0 spiro atoms. The Labute approximate surface area is 106 Å². The number of benzene rings is 1. The summed E-state index contributed by atoms with van der Waals surface area (Å²) in [6.07, 6.45) is 2.53. The maximum atomic E-state index is 11.6. The van der Waals surface area contributed by atoms with Crippen LogP contribution in [-0.2, 0) is 4.79 Å². The first kappa shape index (κ1) is 13.4. The second kappa shape index (κ2) is 7.58. The van der Waals surface area contributed by atoms with E-state index in [0.29, 0.717) is 12.3 Å². The summed E-state index contributed by atoms with van der Waals surface area (Å²) < 4.78 is 0. The van der Waals surface area contributed by atoms with E-state index in [1.54, 1.807) is 11.8 Å². The molecule has 1 rings (SSSR count). The van der Waals surface area contributed by atoms with Gasteiger partial charge in [0.05, 0.1) is 6.04 Å². The Hall–Kier alpha value is -0.670. The molecule has 0 saturated carbocycles. The van der Waals surface area contributed by atoms with E-state index in [1.165, 1.54) is 0 Å². The van der Waals surface area contributed by atoms with Crippen molar-refractivity contribution in [2.45, 2.75) is 12.5 Å². The molecule has 0 saturated heterocycles. The minimum Gasteiger partial charge on any atom is -0.348 e. The first-order valence-corrected chi connectivity index (χ1v) is 7.10. The molecule has 0 fully saturated rings. The summed E-state index contributed by atoms with van der Waals surface area (Å²) in [5.74, 6) is 1.30. The van der Waals surface area contributed by atoms with Gasteiger partial charge < -0.3 is 5.32 Å². The average molecular weight is 258 g/mol. The standard InChI is InChI=1S/C12H16ClNOS/c1-16-8-7-12(15)14-11(9-13)10-5-3-2-4-6-10/h2-6,11H,7-9H2,1H3,(H,14,15). The number of nitrogens with one attached hydrogen (secondary N) is 1. The molecule has 1 atom stereocenters. The van der Waals surface area contributed by atoms with Gasteiger partial charge in [0.2, 0.25) is 5.91 Å². The van der Waals surface area contributed by atoms with Crippen molar-refractivity contribution in [2.24, 2.45) is 0 Å². The highest BCUT2D eigenvalue weighted by molar-refractivity contribution is 7.98. The molecule has 1 aromatic rings. The van der Waals surface area contributed by atoms with Gasteiger partial charge in [-0.1, -0.05) is 30.3 Å². The van der Waals surface area contributed by atoms with E-state index < -0.39 is 0 Å². The molecule has 4 heteroatoms. The number of rotatable bonds is 6. The van der Waals surface area contributed by atoms with Gasteiger partial charge in [-0.15, -0.1) is 11.6 Å². The minimum absolute atomic E-state index is 0.0591. The third-order valence-electron chi connectivity index (χ3n) is 2.22. The Morgan fingerprint density at radius 2 is 2.12 bits per heavy atom. The molecular formula is C12H16ClNOS. The molecule has 0 aliphatic heterocycles. The van der Waals surface area contributed by atoms with Gasteiger partial charge in [-0.2, -0.15) is 11.8 Å². The molecule has 1 aromatic carbocycles. The highest BCUT2D eigenvalue weighted by Gasteiger charge is 2.12. The van der Waals surface area contributed by atoms with E-state index in [2.05, 4.69) is 5.32 Å². The van der Waals surface area contributed by atoms with Crippen LogP contribution in [0.1, 0.15) is 18.0 Å². The van der Waals surface area contributed by atoms with Crippen molar-refractivity contribution in [1.82, 2.24) is 5.32 Å². The fourth-order valence-electron chi connectivity index (χ4n) is 1.36. The molecule has 2 nitrogen and oxygen atoms in total. The molecule has 16 heavy (non-hydrogen) atoms. The molecule has 0 aliphatic carbocycles. The van der Waals surface area contributed by atoms with E-state index >= 15 is 0 Å². The molecule has 88 valence electrons. The largest absolute Gasteiger partial charge is 0.348 e. The van der Waals surface area contributed by atoms with Crippen LogP contribution in [0.25, 0.3) is 0 Å². The van der Waals surface area contributed by atoms with Crippen LogP contribution in [0, 0.1) is 0 Å². The average Bonchev–Trinajstić information content (AvgIpc) is 2.34. The summed E-state index contributed by atoms with van der Waals surface area (Å²) in [6.45, 7) is 0. The van der Waals surface area contributed by atoms with Crippen molar-refractivity contribution in [2.75, 3.05) is 17.9 Å². The summed E-state index contributed by atoms with van der Waals surface area (Å²) in [7, 11) is 0. The van der Waals surface area contributed by atoms with Crippen LogP contribution < -0.4 is 5.32 Å². The Kier molecular flexibility index (Phi) is 6.34. The Morgan fingerprint density at radius 1 is 1.44 bits per heavy atom. The number of halogens is 1. The lowest BCUT2D eigenvalue weighted by atomic mass is 10.1. The molecule has 0 radical (unpaired) electrons. The predicted molar refractivity (Wildman–Crippen MR) is 71.0 cm³/mol. The van der Waals surface area contributed by atoms with Crippen LogP contribution in [0.3, 0.4) is 0 Å². The summed E-state index contributed by atoms with van der Waals surface area (Å²) in [5.41, 5.74) is 1.05. The van der Waals surface area contributed by atoms with E-state index in [1.807, 2.05) is 36.6 Å². The molecule has 1 N–H and O–H groups in total. The monoisotopic (exact) mass is 257 g/mol. The highest BCUT2D eigenvalue weighted by Crippen LogP contribution is 2.14. The lowest BCUT2D eigenvalue weighted by Crippen LogP contribution is -2.29. The Balaban J connectivity index is 2.52. The zero-order valence-corrected chi connectivity index (χ0v) is 10.9. The summed E-state index contributed by atoms with van der Waals surface area (Å²) in [5, 5.41) is 2.93. The van der Waals surface area contributed by atoms with Gasteiger partial charge >= 0.3 is 0 Å². The lowest BCUT2D eigenvalue weighted by Gasteiger charge is -2.16. The molecule has 0 bridgehead atoms. The van der Waals surface area contributed by atoms with Gasteiger partial charge in [0.25, 0.3) is 0 Å². The van der Waals surface area contributed by atoms with E-state index in [0.717, 1.165) is 11.3 Å². The summed E-state index contributed by atoms with van der Waals surface area (Å²) >= 11 is 7.53. The van der Waals surface area contributed by atoms with Gasteiger partial charge in [0.1, 0.15) is 0 Å². The lowest BCUT2D eigenvalue weighted by molar-refractivity contribution is -0.121. The maximum absolute atomic E-state index is 11.6. The van der Waals surface area contributed by atoms with Crippen LogP contribution in [0.2, 0.25) is 0 Å². The third kappa shape index (κ3) is 4.45. The van der Waals surface area contributed by atoms with Crippen molar-refractivity contribution >= 4 is 29.3 Å². The number of carbonyl (C=O) groups is 1. The Morgan fingerprint density at radius 3 is 2.69 bits per heavy atom. The SMILES string of the molecule is CSCCC(=O)NC(CCl)c1ccccc1. The quantitative estimate of drug-likeness (QED) is 0.794. The first-order valence-electron chi connectivity index (χ1n) is 5.17. The zero-order valence-electron chi connectivity index (χ0n) is 9.28. The predicted octanol–water partition coefficient (Wildman–Crippen LogP) is 2.84. The molecule has 0 aliphatic rings. The highest BCUT2D eigenvalue weighted by atomic mass is 35.5. The number of carbonyl (C=O) groups excluding carboxylic acids is 1. The summed E-state index contributed by atoms with van der Waals surface area (Å²) in [6, 6.07) is 9.71. The molecule has 0 heterocycles. The third-order valence-corrected chi connectivity index (χ3v) is 3.15. The molecular weight excluding hydrogens is 242 g/mol. The molecule has 0 aromatic heterocycles. The second-order valence-electron chi connectivity index (χ2n) is 3.43. The van der Waals surface area contributed by atoms with Crippen molar-refractivity contribution in [1.29, 1.82) is 0 Å². The fourth-order valence-corrected chi connectivity index (χ4v) is 2.00. The van der Waals surface area contributed by atoms with E-state index in [-0.39, 0.29) is 11.9 Å². The number of alkyl halides is 1. The van der Waals surface area contributed by atoms with Crippen LogP contribution in [-0.4, -0.2) is 23.8 Å². The zero-order chi connectivity index (χ0) is 11.8. The topological polar surface area (TPSA) is 29.1 Å². The van der Waals surface area contributed by atoms with Crippen molar-refractivity contribution < 1.29 is 4.79 Å². The van der Waals surface area contributed by atoms with Crippen LogP contribution >= 0.6 is 23.4 Å². The van der Waals surface area contributed by atoms with Crippen molar-refractivity contribution in [3.8, 4) is 0 Å². The smallest absolute Gasteiger partial charge is 0.221 e. The molecule has 1 amide bonds. The van der Waals surface area contributed by atoms with Gasteiger partial charge in [-0.25, -0.2) is 0 Å². The van der Waals surface area contributed by atoms with Crippen LogP contribution in [0.5, 0.6) is 0 Å². The van der Waals surface area contributed by atoms with Gasteiger partial charge in [0.15, 0.2) is 0 Å². The summed E-state index contributed by atoms with van der Waals surface area (Å²) in [4.78, 5) is 11.6.